The topological polar surface area (TPSA) is 54.0 Å². The van der Waals surface area contributed by atoms with Gasteiger partial charge in [0.25, 0.3) is 0 Å². The third-order valence-corrected chi connectivity index (χ3v) is 6.26. The second kappa shape index (κ2) is 10.6. The molecule has 1 fully saturated rings. The van der Waals surface area contributed by atoms with Gasteiger partial charge in [0.2, 0.25) is 0 Å². The Balaban J connectivity index is 1.24. The van der Waals surface area contributed by atoms with Crippen LogP contribution in [-0.4, -0.2) is 57.9 Å². The van der Waals surface area contributed by atoms with Gasteiger partial charge in [0.1, 0.15) is 5.75 Å². The van der Waals surface area contributed by atoms with Gasteiger partial charge in [0, 0.05) is 63.5 Å². The normalized spacial score (nSPS) is 16.0. The van der Waals surface area contributed by atoms with Crippen LogP contribution in [0, 0.1) is 0 Å². The lowest BCUT2D eigenvalue weighted by atomic mass is 10.0. The number of nitrogens with one attached hydrogen (secondary N) is 1. The van der Waals surface area contributed by atoms with E-state index in [1.807, 2.05) is 32.3 Å². The maximum atomic E-state index is 12.3. The molecule has 6 heteroatoms. The number of carbonyl (C=O) groups excluding carboxylic acids is 1. The molecular formula is C27H33N3O3. The van der Waals surface area contributed by atoms with Gasteiger partial charge in [0.05, 0.1) is 13.7 Å². The zero-order valence-corrected chi connectivity index (χ0v) is 19.7. The molecule has 1 aliphatic heterocycles. The Hall–Kier alpha value is -3.25. The zero-order chi connectivity index (χ0) is 23.2. The summed E-state index contributed by atoms with van der Waals surface area (Å²) in [6, 6.07) is 20.9. The van der Waals surface area contributed by atoms with Gasteiger partial charge in [-0.2, -0.15) is 0 Å². The highest BCUT2D eigenvalue weighted by Gasteiger charge is 2.25. The third-order valence-electron chi connectivity index (χ3n) is 6.26. The molecule has 4 rings (SSSR count). The molecule has 0 bridgehead atoms. The first-order chi connectivity index (χ1) is 16.0. The fourth-order valence-electron chi connectivity index (χ4n) is 4.45. The summed E-state index contributed by atoms with van der Waals surface area (Å²) in [7, 11) is 5.75. The number of amides is 1. The highest BCUT2D eigenvalue weighted by Crippen LogP contribution is 2.27. The van der Waals surface area contributed by atoms with Crippen LogP contribution in [0.25, 0.3) is 10.8 Å². The average Bonchev–Trinajstić information content (AvgIpc) is 3.25. The minimum atomic E-state index is -0.338. The Morgan fingerprint density at radius 3 is 2.73 bits per heavy atom. The molecule has 1 atom stereocenters. The number of benzene rings is 3. The second-order valence-electron chi connectivity index (χ2n) is 8.78. The van der Waals surface area contributed by atoms with E-state index in [0.29, 0.717) is 13.0 Å². The number of hydrogen-bond acceptors (Lipinski definition) is 5. The van der Waals surface area contributed by atoms with Gasteiger partial charge < -0.3 is 19.7 Å². The van der Waals surface area contributed by atoms with E-state index in [1.165, 1.54) is 16.3 Å². The lowest BCUT2D eigenvalue weighted by Gasteiger charge is -2.20. The second-order valence-corrected chi connectivity index (χ2v) is 8.78. The summed E-state index contributed by atoms with van der Waals surface area (Å²) in [5.41, 5.74) is 3.46. The van der Waals surface area contributed by atoms with E-state index in [2.05, 4.69) is 57.6 Å². The lowest BCUT2D eigenvalue weighted by molar-refractivity contribution is 0.143. The molecule has 33 heavy (non-hydrogen) atoms. The van der Waals surface area contributed by atoms with Crippen molar-refractivity contribution >= 4 is 22.6 Å². The Kier molecular flexibility index (Phi) is 7.35. The zero-order valence-electron chi connectivity index (χ0n) is 19.7. The van der Waals surface area contributed by atoms with E-state index in [9.17, 15) is 4.79 Å². The fourth-order valence-corrected chi connectivity index (χ4v) is 4.45. The van der Waals surface area contributed by atoms with E-state index in [-0.39, 0.29) is 12.1 Å². The number of carbonyl (C=O) groups is 1. The van der Waals surface area contributed by atoms with Crippen LogP contribution in [0.5, 0.6) is 5.75 Å². The van der Waals surface area contributed by atoms with Crippen LogP contribution in [0.4, 0.5) is 10.5 Å². The van der Waals surface area contributed by atoms with Gasteiger partial charge in [-0.3, -0.25) is 4.90 Å². The van der Waals surface area contributed by atoms with E-state index in [1.54, 1.807) is 7.11 Å². The number of nitrogens with zero attached hydrogens (tertiary/aromatic N) is 2. The van der Waals surface area contributed by atoms with Crippen LogP contribution in [0.1, 0.15) is 17.5 Å². The molecule has 1 heterocycles. The number of likely N-dealkylation sites (tertiary alicyclic amines) is 1. The van der Waals surface area contributed by atoms with Gasteiger partial charge in [-0.1, -0.05) is 48.5 Å². The molecule has 0 aromatic heterocycles. The van der Waals surface area contributed by atoms with Gasteiger partial charge >= 0.3 is 6.09 Å². The number of rotatable bonds is 8. The molecule has 3 aromatic rings. The maximum absolute atomic E-state index is 12.3. The molecule has 1 N–H and O–H groups in total. The van der Waals surface area contributed by atoms with Crippen LogP contribution < -0.4 is 15.0 Å². The molecule has 1 amide bonds. The standard InChI is InChI=1S/C27H33N3O3/c1-29(2)24-12-11-22(26(17-24)32-3)18-30-15-13-23(19-30)28-27(31)33-16-14-21-9-6-8-20-7-4-5-10-25(20)21/h4-12,17,23H,13-16,18-19H2,1-3H3,(H,28,31). The van der Waals surface area contributed by atoms with Crippen molar-refractivity contribution in [3.05, 3.63) is 71.8 Å². The summed E-state index contributed by atoms with van der Waals surface area (Å²) in [6.07, 6.45) is 1.28. The third kappa shape index (κ3) is 5.76. The van der Waals surface area contributed by atoms with E-state index in [4.69, 9.17) is 9.47 Å². The van der Waals surface area contributed by atoms with Crippen LogP contribution in [0.3, 0.4) is 0 Å². The number of methoxy groups -OCH3 is 1. The van der Waals surface area contributed by atoms with Crippen LogP contribution in [0.2, 0.25) is 0 Å². The molecule has 174 valence electrons. The monoisotopic (exact) mass is 447 g/mol. The van der Waals surface area contributed by atoms with Crippen molar-refractivity contribution in [2.45, 2.75) is 25.4 Å². The van der Waals surface area contributed by atoms with Crippen LogP contribution >= 0.6 is 0 Å². The summed E-state index contributed by atoms with van der Waals surface area (Å²) < 4.78 is 11.1. The molecule has 1 unspecified atom stereocenters. The van der Waals surface area contributed by atoms with Gasteiger partial charge in [-0.15, -0.1) is 0 Å². The Morgan fingerprint density at radius 2 is 1.91 bits per heavy atom. The first-order valence-electron chi connectivity index (χ1n) is 11.5. The molecule has 0 spiro atoms. The predicted octanol–water partition coefficient (Wildman–Crippen LogP) is 4.46. The van der Waals surface area contributed by atoms with Crippen molar-refractivity contribution in [3.8, 4) is 5.75 Å². The quantitative estimate of drug-likeness (QED) is 0.553. The summed E-state index contributed by atoms with van der Waals surface area (Å²) in [5.74, 6) is 0.894. The highest BCUT2D eigenvalue weighted by atomic mass is 16.5. The molecule has 6 nitrogen and oxygen atoms in total. The predicted molar refractivity (Wildman–Crippen MR) is 133 cm³/mol. The average molecular weight is 448 g/mol. The van der Waals surface area contributed by atoms with E-state index >= 15 is 0 Å². The van der Waals surface area contributed by atoms with Crippen LogP contribution in [0.15, 0.2) is 60.7 Å². The van der Waals surface area contributed by atoms with Crippen molar-refractivity contribution in [2.24, 2.45) is 0 Å². The molecule has 0 saturated carbocycles. The molecule has 0 radical (unpaired) electrons. The first-order valence-corrected chi connectivity index (χ1v) is 11.5. The SMILES string of the molecule is COc1cc(N(C)C)ccc1CN1CCC(NC(=O)OCCc2cccc3ccccc23)C1. The van der Waals surface area contributed by atoms with Crippen molar-refractivity contribution < 1.29 is 14.3 Å². The Labute approximate surface area is 196 Å². The highest BCUT2D eigenvalue weighted by molar-refractivity contribution is 5.85. The van der Waals surface area contributed by atoms with Crippen molar-refractivity contribution in [1.29, 1.82) is 0 Å². The van der Waals surface area contributed by atoms with Gasteiger partial charge in [0.15, 0.2) is 0 Å². The lowest BCUT2D eigenvalue weighted by Crippen LogP contribution is -2.37. The summed E-state index contributed by atoms with van der Waals surface area (Å²) in [4.78, 5) is 16.7. The number of hydrogen-bond donors (Lipinski definition) is 1. The molecular weight excluding hydrogens is 414 g/mol. The van der Waals surface area contributed by atoms with Crippen molar-refractivity contribution in [1.82, 2.24) is 10.2 Å². The van der Waals surface area contributed by atoms with E-state index < -0.39 is 0 Å². The van der Waals surface area contributed by atoms with Crippen molar-refractivity contribution in [2.75, 3.05) is 45.8 Å². The summed E-state index contributed by atoms with van der Waals surface area (Å²) >= 11 is 0. The minimum Gasteiger partial charge on any atom is -0.496 e. The van der Waals surface area contributed by atoms with Gasteiger partial charge in [-0.25, -0.2) is 4.79 Å². The number of alkyl carbamates (subject to hydrolysis) is 1. The largest absolute Gasteiger partial charge is 0.496 e. The minimum absolute atomic E-state index is 0.0992. The Bertz CT molecular complexity index is 1090. The van der Waals surface area contributed by atoms with Crippen LogP contribution in [-0.2, 0) is 17.7 Å². The fraction of sp³-hybridized carbons (Fsp3) is 0.370. The first kappa shape index (κ1) is 22.9. The van der Waals surface area contributed by atoms with Gasteiger partial charge in [-0.05, 0) is 28.8 Å². The molecule has 0 aliphatic carbocycles. The molecule has 3 aromatic carbocycles. The summed E-state index contributed by atoms with van der Waals surface area (Å²) in [6.45, 7) is 2.90. The molecule has 1 aliphatic rings. The maximum Gasteiger partial charge on any atom is 0.407 e. The van der Waals surface area contributed by atoms with Crippen molar-refractivity contribution in [3.63, 3.8) is 0 Å². The Morgan fingerprint density at radius 1 is 1.09 bits per heavy atom. The summed E-state index contributed by atoms with van der Waals surface area (Å²) in [5, 5.41) is 5.45. The molecule has 1 saturated heterocycles. The number of ether oxygens (including phenoxy) is 2. The van der Waals surface area contributed by atoms with E-state index in [0.717, 1.165) is 43.1 Å². The smallest absolute Gasteiger partial charge is 0.407 e. The number of fused-ring (bicyclic) bond motifs is 1. The number of anilines is 1.